The zero-order valence-corrected chi connectivity index (χ0v) is 8.24. The molecule has 1 aromatic rings. The first-order valence-electron chi connectivity index (χ1n) is 3.38. The van der Waals surface area contributed by atoms with E-state index in [2.05, 4.69) is 20.7 Å². The average Bonchev–Trinajstić information content (AvgIpc) is 2.08. The molecule has 13 heavy (non-hydrogen) atoms. The third-order valence-electron chi connectivity index (χ3n) is 1.53. The Morgan fingerprint density at radius 3 is 2.46 bits per heavy atom. The molecular weight excluding hydrogens is 249 g/mol. The maximum atomic E-state index is 13.1. The molecular formula is C8H6BrF3O. The maximum absolute atomic E-state index is 13.1. The number of methoxy groups -OCH3 is 1. The van der Waals surface area contributed by atoms with E-state index < -0.39 is 17.8 Å². The smallest absolute Gasteiger partial charge is 0.270 e. The second kappa shape index (κ2) is 4.00. The van der Waals surface area contributed by atoms with Crippen LogP contribution in [0.2, 0.25) is 0 Å². The van der Waals surface area contributed by atoms with Crippen LogP contribution in [-0.4, -0.2) is 7.11 Å². The summed E-state index contributed by atoms with van der Waals surface area (Å²) >= 11 is 2.81. The van der Waals surface area contributed by atoms with Gasteiger partial charge in [0.05, 0.1) is 17.1 Å². The minimum absolute atomic E-state index is 0.00333. The quantitative estimate of drug-likeness (QED) is 0.785. The largest absolute Gasteiger partial charge is 0.496 e. The van der Waals surface area contributed by atoms with Crippen molar-refractivity contribution < 1.29 is 17.9 Å². The Morgan fingerprint density at radius 2 is 2.00 bits per heavy atom. The van der Waals surface area contributed by atoms with Gasteiger partial charge in [0.1, 0.15) is 11.6 Å². The van der Waals surface area contributed by atoms with Crippen LogP contribution in [-0.2, 0) is 0 Å². The van der Waals surface area contributed by atoms with E-state index >= 15 is 0 Å². The second-order valence-electron chi connectivity index (χ2n) is 2.28. The summed E-state index contributed by atoms with van der Waals surface area (Å²) in [7, 11) is 1.22. The normalized spacial score (nSPS) is 10.6. The summed E-state index contributed by atoms with van der Waals surface area (Å²) < 4.78 is 42.3. The van der Waals surface area contributed by atoms with E-state index in [0.29, 0.717) is 0 Å². The van der Waals surface area contributed by atoms with Gasteiger partial charge < -0.3 is 4.74 Å². The maximum Gasteiger partial charge on any atom is 0.270 e. The fourth-order valence-electron chi connectivity index (χ4n) is 0.930. The van der Waals surface area contributed by atoms with E-state index in [1.165, 1.54) is 19.2 Å². The number of ether oxygens (including phenoxy) is 1. The van der Waals surface area contributed by atoms with Gasteiger partial charge in [-0.15, -0.1) is 0 Å². The zero-order valence-electron chi connectivity index (χ0n) is 6.65. The Bertz CT molecular complexity index is 315. The Balaban J connectivity index is 3.32. The van der Waals surface area contributed by atoms with Gasteiger partial charge in [-0.2, -0.15) is 0 Å². The predicted molar refractivity (Wildman–Crippen MR) is 45.6 cm³/mol. The van der Waals surface area contributed by atoms with Gasteiger partial charge in [0.15, 0.2) is 0 Å². The van der Waals surface area contributed by atoms with E-state index in [0.717, 1.165) is 0 Å². The lowest BCUT2D eigenvalue weighted by molar-refractivity contribution is 0.141. The minimum Gasteiger partial charge on any atom is -0.496 e. The standard InChI is InChI=1S/C8H6BrF3O/c1-13-5-3-2-4(9)7(10)6(5)8(11)12/h2-3,8H,1H3. The first-order valence-corrected chi connectivity index (χ1v) is 4.17. The van der Waals surface area contributed by atoms with Crippen LogP contribution in [0.4, 0.5) is 13.2 Å². The van der Waals surface area contributed by atoms with Crippen LogP contribution in [0.3, 0.4) is 0 Å². The third kappa shape index (κ3) is 1.96. The molecule has 0 N–H and O–H groups in total. The summed E-state index contributed by atoms with van der Waals surface area (Å²) in [5.74, 6) is -1.12. The highest BCUT2D eigenvalue weighted by Crippen LogP contribution is 2.34. The van der Waals surface area contributed by atoms with E-state index in [-0.39, 0.29) is 10.2 Å². The van der Waals surface area contributed by atoms with E-state index in [1.54, 1.807) is 0 Å². The Hall–Kier alpha value is -0.710. The summed E-state index contributed by atoms with van der Waals surface area (Å²) in [4.78, 5) is 0. The molecule has 0 amide bonds. The van der Waals surface area contributed by atoms with Gasteiger partial charge in [0.25, 0.3) is 6.43 Å². The fourth-order valence-corrected chi connectivity index (χ4v) is 1.28. The summed E-state index contributed by atoms with van der Waals surface area (Å²) in [6.45, 7) is 0. The van der Waals surface area contributed by atoms with E-state index in [9.17, 15) is 13.2 Å². The first-order chi connectivity index (χ1) is 6.07. The fraction of sp³-hybridized carbons (Fsp3) is 0.250. The topological polar surface area (TPSA) is 9.23 Å². The van der Waals surface area contributed by atoms with Gasteiger partial charge in [-0.3, -0.25) is 0 Å². The summed E-state index contributed by atoms with van der Waals surface area (Å²) in [5.41, 5.74) is -0.711. The molecule has 1 aromatic carbocycles. The van der Waals surface area contributed by atoms with Crippen LogP contribution in [0.1, 0.15) is 12.0 Å². The molecule has 0 atom stereocenters. The number of halogens is 4. The third-order valence-corrected chi connectivity index (χ3v) is 2.14. The van der Waals surface area contributed by atoms with Crippen molar-refractivity contribution in [3.63, 3.8) is 0 Å². The minimum atomic E-state index is -2.88. The molecule has 0 aliphatic heterocycles. The molecule has 0 saturated heterocycles. The lowest BCUT2D eigenvalue weighted by Crippen LogP contribution is -1.97. The molecule has 0 unspecified atom stereocenters. The molecule has 0 aliphatic rings. The van der Waals surface area contributed by atoms with Crippen molar-refractivity contribution in [1.29, 1.82) is 0 Å². The molecule has 5 heteroatoms. The van der Waals surface area contributed by atoms with Crippen LogP contribution < -0.4 is 4.74 Å². The molecule has 72 valence electrons. The van der Waals surface area contributed by atoms with Gasteiger partial charge in [-0.05, 0) is 28.1 Å². The number of rotatable bonds is 2. The molecule has 0 saturated carbocycles. The summed E-state index contributed by atoms with van der Waals surface area (Å²) in [5, 5.41) is 0. The van der Waals surface area contributed by atoms with Gasteiger partial charge in [-0.25, -0.2) is 13.2 Å². The Kier molecular flexibility index (Phi) is 3.19. The van der Waals surface area contributed by atoms with Crippen LogP contribution in [0.25, 0.3) is 0 Å². The molecule has 0 fully saturated rings. The van der Waals surface area contributed by atoms with Crippen molar-refractivity contribution in [2.75, 3.05) is 7.11 Å². The van der Waals surface area contributed by atoms with E-state index in [1.807, 2.05) is 0 Å². The van der Waals surface area contributed by atoms with E-state index in [4.69, 9.17) is 0 Å². The lowest BCUT2D eigenvalue weighted by Gasteiger charge is -2.09. The van der Waals surface area contributed by atoms with Gasteiger partial charge in [-0.1, -0.05) is 0 Å². The van der Waals surface area contributed by atoms with Crippen LogP contribution in [0, 0.1) is 5.82 Å². The average molecular weight is 255 g/mol. The zero-order chi connectivity index (χ0) is 10.0. The molecule has 0 aromatic heterocycles. The van der Waals surface area contributed by atoms with Gasteiger partial charge >= 0.3 is 0 Å². The highest BCUT2D eigenvalue weighted by Gasteiger charge is 2.21. The molecule has 1 nitrogen and oxygen atoms in total. The monoisotopic (exact) mass is 254 g/mol. The first kappa shape index (κ1) is 10.4. The SMILES string of the molecule is COc1ccc(Br)c(F)c1C(F)F. The number of alkyl halides is 2. The highest BCUT2D eigenvalue weighted by atomic mass is 79.9. The predicted octanol–water partition coefficient (Wildman–Crippen LogP) is 3.53. The highest BCUT2D eigenvalue weighted by molar-refractivity contribution is 9.10. The molecule has 1 rings (SSSR count). The molecule has 0 radical (unpaired) electrons. The molecule has 0 heterocycles. The number of benzene rings is 1. The van der Waals surface area contributed by atoms with Crippen molar-refractivity contribution in [2.45, 2.75) is 6.43 Å². The summed E-state index contributed by atoms with van der Waals surface area (Å²) in [6, 6.07) is 2.61. The Labute approximate surface area is 81.6 Å². The van der Waals surface area contributed by atoms with Crippen molar-refractivity contribution in [1.82, 2.24) is 0 Å². The van der Waals surface area contributed by atoms with Gasteiger partial charge in [0.2, 0.25) is 0 Å². The number of hydrogen-bond acceptors (Lipinski definition) is 1. The Morgan fingerprint density at radius 1 is 1.38 bits per heavy atom. The van der Waals surface area contributed by atoms with Crippen molar-refractivity contribution >= 4 is 15.9 Å². The van der Waals surface area contributed by atoms with Crippen LogP contribution in [0.5, 0.6) is 5.75 Å². The van der Waals surface area contributed by atoms with Crippen molar-refractivity contribution in [2.24, 2.45) is 0 Å². The van der Waals surface area contributed by atoms with Gasteiger partial charge in [0, 0.05) is 0 Å². The van der Waals surface area contributed by atoms with Crippen molar-refractivity contribution in [3.8, 4) is 5.75 Å². The molecule has 0 bridgehead atoms. The second-order valence-corrected chi connectivity index (χ2v) is 3.13. The van der Waals surface area contributed by atoms with Crippen molar-refractivity contribution in [3.05, 3.63) is 28.0 Å². The molecule has 0 spiro atoms. The molecule has 0 aliphatic carbocycles. The number of hydrogen-bond donors (Lipinski definition) is 0. The summed E-state index contributed by atoms with van der Waals surface area (Å²) in [6.07, 6.45) is -2.88. The lowest BCUT2D eigenvalue weighted by atomic mass is 10.2. The van der Waals surface area contributed by atoms with Crippen LogP contribution >= 0.6 is 15.9 Å². The van der Waals surface area contributed by atoms with Crippen LogP contribution in [0.15, 0.2) is 16.6 Å².